The Morgan fingerprint density at radius 3 is 2.17 bits per heavy atom. The lowest BCUT2D eigenvalue weighted by molar-refractivity contribution is 0.128. The quantitative estimate of drug-likeness (QED) is 0.534. The Kier molecular flexibility index (Phi) is 8.24. The number of sulfonamides is 1. The lowest BCUT2D eigenvalue weighted by atomic mass is 9.85. The van der Waals surface area contributed by atoms with Gasteiger partial charge in [-0.2, -0.15) is 4.31 Å². The number of hydrogen-bond acceptors (Lipinski definition) is 5. The Labute approximate surface area is 222 Å². The number of rotatable bonds is 6. The predicted octanol–water partition coefficient (Wildman–Crippen LogP) is 4.18. The lowest BCUT2D eigenvalue weighted by Crippen LogP contribution is -2.53. The van der Waals surface area contributed by atoms with Crippen molar-refractivity contribution in [1.82, 2.24) is 14.1 Å². The third-order valence-corrected chi connectivity index (χ3v) is 9.01. The molecule has 11 heteroatoms. The molecule has 2 amide bonds. The molecule has 2 fully saturated rings. The van der Waals surface area contributed by atoms with Crippen molar-refractivity contribution in [2.45, 2.75) is 18.9 Å². The van der Waals surface area contributed by atoms with E-state index in [0.29, 0.717) is 49.3 Å². The summed E-state index contributed by atoms with van der Waals surface area (Å²) < 4.78 is 36.6. The van der Waals surface area contributed by atoms with E-state index < -0.39 is 10.0 Å². The van der Waals surface area contributed by atoms with E-state index in [1.807, 2.05) is 48.2 Å². The van der Waals surface area contributed by atoms with Crippen LogP contribution < -0.4 is 9.47 Å². The van der Waals surface area contributed by atoms with Gasteiger partial charge in [0.1, 0.15) is 17.6 Å². The fourth-order valence-corrected chi connectivity index (χ4v) is 6.06. The number of piperazine rings is 1. The molecule has 3 unspecified atom stereocenters. The molecule has 0 aromatic heterocycles. The molecule has 0 radical (unpaired) electrons. The number of amides is 2. The molecule has 0 spiro atoms. The average Bonchev–Trinajstić information content (AvgIpc) is 3.31. The maximum absolute atomic E-state index is 13.4. The van der Waals surface area contributed by atoms with Crippen LogP contribution in [0.4, 0.5) is 4.79 Å². The fourth-order valence-electron chi connectivity index (χ4n) is 4.92. The number of methoxy groups -OCH3 is 1. The molecule has 2 heterocycles. The third kappa shape index (κ3) is 6.02. The van der Waals surface area contributed by atoms with Crippen molar-refractivity contribution in [3.05, 3.63) is 58.1 Å². The van der Waals surface area contributed by atoms with Crippen LogP contribution in [-0.2, 0) is 10.0 Å². The highest BCUT2D eigenvalue weighted by Crippen LogP contribution is 2.39. The second-order valence-corrected chi connectivity index (χ2v) is 12.1. The summed E-state index contributed by atoms with van der Waals surface area (Å²) in [5.41, 5.74) is 0.997. The van der Waals surface area contributed by atoms with Gasteiger partial charge in [0.15, 0.2) is 0 Å². The summed E-state index contributed by atoms with van der Waals surface area (Å²) in [4.78, 5) is 17.0. The van der Waals surface area contributed by atoms with Gasteiger partial charge in [0.25, 0.3) is 0 Å². The Morgan fingerprint density at radius 1 is 0.944 bits per heavy atom. The molecule has 0 N–H and O–H groups in total. The minimum absolute atomic E-state index is 0.00519. The van der Waals surface area contributed by atoms with Crippen LogP contribution >= 0.6 is 23.2 Å². The topological polar surface area (TPSA) is 79.4 Å². The first-order chi connectivity index (χ1) is 17.1. The first kappa shape index (κ1) is 26.9. The number of nitrogens with zero attached hydrogens (tertiary/aromatic N) is 3. The van der Waals surface area contributed by atoms with Crippen molar-refractivity contribution in [2.24, 2.45) is 5.92 Å². The van der Waals surface area contributed by atoms with Gasteiger partial charge in [-0.05, 0) is 48.9 Å². The molecule has 36 heavy (non-hydrogen) atoms. The largest absolute Gasteiger partial charge is 0.497 e. The smallest absolute Gasteiger partial charge is 0.320 e. The SMILES string of the molecule is COc1ccc(OC(C)C2CN(C(=O)N3CCN(S(C)(=O)=O)CC3)CC2c2ccc(Cl)c(Cl)c2)cc1. The molecule has 0 aliphatic carbocycles. The van der Waals surface area contributed by atoms with Gasteiger partial charge < -0.3 is 19.3 Å². The summed E-state index contributed by atoms with van der Waals surface area (Å²) in [6, 6.07) is 12.9. The van der Waals surface area contributed by atoms with E-state index in [-0.39, 0.29) is 24.0 Å². The molecule has 3 atom stereocenters. The lowest BCUT2D eigenvalue weighted by Gasteiger charge is -2.35. The van der Waals surface area contributed by atoms with Gasteiger partial charge in [0.2, 0.25) is 10.0 Å². The van der Waals surface area contributed by atoms with E-state index in [9.17, 15) is 13.2 Å². The maximum Gasteiger partial charge on any atom is 0.320 e. The van der Waals surface area contributed by atoms with E-state index >= 15 is 0 Å². The molecule has 2 aromatic rings. The Hall–Kier alpha value is -2.20. The molecule has 2 aliphatic heterocycles. The second-order valence-electron chi connectivity index (χ2n) is 9.28. The second kappa shape index (κ2) is 11.0. The molecule has 0 bridgehead atoms. The van der Waals surface area contributed by atoms with Crippen molar-refractivity contribution < 1.29 is 22.7 Å². The molecule has 196 valence electrons. The molecule has 2 aliphatic rings. The van der Waals surface area contributed by atoms with Crippen LogP contribution in [-0.4, -0.2) is 87.3 Å². The number of hydrogen-bond donors (Lipinski definition) is 0. The van der Waals surface area contributed by atoms with Gasteiger partial charge >= 0.3 is 6.03 Å². The van der Waals surface area contributed by atoms with E-state index in [2.05, 4.69) is 0 Å². The molecular formula is C25H31Cl2N3O5S. The zero-order valence-corrected chi connectivity index (χ0v) is 22.9. The van der Waals surface area contributed by atoms with Gasteiger partial charge in [-0.15, -0.1) is 0 Å². The predicted molar refractivity (Wildman–Crippen MR) is 141 cm³/mol. The van der Waals surface area contributed by atoms with Gasteiger partial charge in [-0.3, -0.25) is 0 Å². The number of benzene rings is 2. The minimum atomic E-state index is -3.27. The highest BCUT2D eigenvalue weighted by Gasteiger charge is 2.42. The van der Waals surface area contributed by atoms with Gasteiger partial charge in [0, 0.05) is 51.1 Å². The van der Waals surface area contributed by atoms with Gasteiger partial charge in [-0.1, -0.05) is 29.3 Å². The number of likely N-dealkylation sites (tertiary alicyclic amines) is 1. The van der Waals surface area contributed by atoms with Crippen LogP contribution in [0.5, 0.6) is 11.5 Å². The van der Waals surface area contributed by atoms with Crippen molar-refractivity contribution in [1.29, 1.82) is 0 Å². The van der Waals surface area contributed by atoms with Crippen LogP contribution in [0.2, 0.25) is 10.0 Å². The molecule has 8 nitrogen and oxygen atoms in total. The number of urea groups is 1. The summed E-state index contributed by atoms with van der Waals surface area (Å²) >= 11 is 12.5. The summed E-state index contributed by atoms with van der Waals surface area (Å²) in [7, 11) is -1.65. The summed E-state index contributed by atoms with van der Waals surface area (Å²) in [5.74, 6) is 1.47. The van der Waals surface area contributed by atoms with Crippen molar-refractivity contribution >= 4 is 39.3 Å². The van der Waals surface area contributed by atoms with Crippen LogP contribution in [0, 0.1) is 5.92 Å². The molecule has 4 rings (SSSR count). The van der Waals surface area contributed by atoms with Crippen LogP contribution in [0.25, 0.3) is 0 Å². The van der Waals surface area contributed by atoms with Crippen LogP contribution in [0.15, 0.2) is 42.5 Å². The van der Waals surface area contributed by atoms with Crippen molar-refractivity contribution in [2.75, 3.05) is 52.6 Å². The van der Waals surface area contributed by atoms with Crippen LogP contribution in [0.3, 0.4) is 0 Å². The minimum Gasteiger partial charge on any atom is -0.497 e. The zero-order chi connectivity index (χ0) is 26.0. The highest BCUT2D eigenvalue weighted by molar-refractivity contribution is 7.88. The number of ether oxygens (including phenoxy) is 2. The average molecular weight is 557 g/mol. The molecular weight excluding hydrogens is 525 g/mol. The summed E-state index contributed by atoms with van der Waals surface area (Å²) in [6.45, 7) is 4.35. The zero-order valence-electron chi connectivity index (χ0n) is 20.6. The summed E-state index contributed by atoms with van der Waals surface area (Å²) in [5, 5.41) is 0.951. The normalized spacial score (nSPS) is 21.9. The van der Waals surface area contributed by atoms with Gasteiger partial charge in [-0.25, -0.2) is 13.2 Å². The molecule has 2 saturated heterocycles. The standard InChI is InChI=1S/C25H31Cl2N3O5S/c1-17(35-20-7-5-19(34-2)6-8-20)21-15-29(16-22(21)18-4-9-23(26)24(27)14-18)25(31)28-10-12-30(13-11-28)36(3,32)33/h4-9,14,17,21-22H,10-13,15-16H2,1-3H3. The van der Waals surface area contributed by atoms with E-state index in [1.54, 1.807) is 18.1 Å². The van der Waals surface area contributed by atoms with Crippen molar-refractivity contribution in [3.63, 3.8) is 0 Å². The van der Waals surface area contributed by atoms with E-state index in [4.69, 9.17) is 32.7 Å². The number of halogens is 2. The first-order valence-electron chi connectivity index (χ1n) is 11.8. The Balaban J connectivity index is 1.52. The first-order valence-corrected chi connectivity index (χ1v) is 14.4. The van der Waals surface area contributed by atoms with E-state index in [1.165, 1.54) is 10.6 Å². The maximum atomic E-state index is 13.4. The van der Waals surface area contributed by atoms with Crippen molar-refractivity contribution in [3.8, 4) is 11.5 Å². The summed E-state index contributed by atoms with van der Waals surface area (Å²) in [6.07, 6.45) is 0.999. The fraction of sp³-hybridized carbons (Fsp3) is 0.480. The monoisotopic (exact) mass is 555 g/mol. The van der Waals surface area contributed by atoms with E-state index in [0.717, 1.165) is 17.1 Å². The Bertz CT molecular complexity index is 1190. The number of carbonyl (C=O) groups is 1. The number of carbonyl (C=O) groups excluding carboxylic acids is 1. The van der Waals surface area contributed by atoms with Crippen LogP contribution in [0.1, 0.15) is 18.4 Å². The Morgan fingerprint density at radius 2 is 1.58 bits per heavy atom. The third-order valence-electron chi connectivity index (χ3n) is 6.97. The molecule has 2 aromatic carbocycles. The highest BCUT2D eigenvalue weighted by atomic mass is 35.5. The molecule has 0 saturated carbocycles. The van der Waals surface area contributed by atoms with Gasteiger partial charge in [0.05, 0.1) is 23.4 Å².